The maximum Gasteiger partial charge on any atom is 0.342 e. The van der Waals surface area contributed by atoms with Gasteiger partial charge in [-0.25, -0.2) is 9.48 Å². The predicted octanol–water partition coefficient (Wildman–Crippen LogP) is -0.0373. The van der Waals surface area contributed by atoms with Crippen molar-refractivity contribution in [2.24, 2.45) is 5.73 Å². The van der Waals surface area contributed by atoms with Crippen LogP contribution >= 0.6 is 0 Å². The number of nitrogens with two attached hydrogens (primary N) is 1. The molecule has 0 spiro atoms. The molecule has 1 heterocycles. The Balaban J connectivity index is 2.47. The summed E-state index contributed by atoms with van der Waals surface area (Å²) in [5, 5.41) is 11.3. The second-order valence-corrected chi connectivity index (χ2v) is 3.54. The molecule has 7 heteroatoms. The molecule has 0 aliphatic rings. The highest BCUT2D eigenvalue weighted by molar-refractivity contribution is 5.92. The summed E-state index contributed by atoms with van der Waals surface area (Å²) in [7, 11) is 0. The average molecular weight is 247 g/mol. The van der Waals surface area contributed by atoms with E-state index < -0.39 is 17.4 Å². The van der Waals surface area contributed by atoms with Crippen molar-refractivity contribution in [3.05, 3.63) is 51.9 Å². The summed E-state index contributed by atoms with van der Waals surface area (Å²) in [5.41, 5.74) is 4.78. The van der Waals surface area contributed by atoms with Crippen LogP contribution in [0.25, 0.3) is 5.69 Å². The van der Waals surface area contributed by atoms with Gasteiger partial charge in [-0.2, -0.15) is 0 Å². The predicted molar refractivity (Wildman–Crippen MR) is 61.9 cm³/mol. The molecule has 18 heavy (non-hydrogen) atoms. The fourth-order valence-electron chi connectivity index (χ4n) is 1.49. The molecule has 1 aromatic heterocycles. The van der Waals surface area contributed by atoms with Gasteiger partial charge in [-0.05, 0) is 24.3 Å². The number of amides is 1. The van der Waals surface area contributed by atoms with Crippen molar-refractivity contribution in [1.29, 1.82) is 0 Å². The number of hydrogen-bond acceptors (Lipinski definition) is 3. The zero-order valence-corrected chi connectivity index (χ0v) is 9.08. The van der Waals surface area contributed by atoms with Gasteiger partial charge in [0, 0.05) is 11.8 Å². The number of nitrogens with one attached hydrogen (secondary N) is 1. The molecule has 0 unspecified atom stereocenters. The van der Waals surface area contributed by atoms with Crippen molar-refractivity contribution in [2.75, 3.05) is 0 Å². The van der Waals surface area contributed by atoms with E-state index in [1.165, 1.54) is 24.3 Å². The Morgan fingerprint density at radius 2 is 1.83 bits per heavy atom. The summed E-state index contributed by atoms with van der Waals surface area (Å²) in [4.78, 5) is 33.3. The standard InChI is InChI=1S/C11H9N3O4/c12-9(15)6-1-3-7(4-2-6)14-10(16)8(5-13-14)11(17)18/h1-5,13H,(H2,12,15)(H,17,18). The third-order valence-corrected chi connectivity index (χ3v) is 2.41. The van der Waals surface area contributed by atoms with Gasteiger partial charge in [0.15, 0.2) is 0 Å². The molecule has 92 valence electrons. The molecule has 0 saturated heterocycles. The quantitative estimate of drug-likeness (QED) is 0.705. The van der Waals surface area contributed by atoms with Crippen molar-refractivity contribution < 1.29 is 14.7 Å². The monoisotopic (exact) mass is 247 g/mol. The van der Waals surface area contributed by atoms with Crippen LogP contribution in [0.15, 0.2) is 35.3 Å². The number of carboxylic acids is 1. The molecular weight excluding hydrogens is 238 g/mol. The maximum absolute atomic E-state index is 11.7. The smallest absolute Gasteiger partial charge is 0.342 e. The SMILES string of the molecule is NC(=O)c1ccc(-n2[nH]cc(C(=O)O)c2=O)cc1. The van der Waals surface area contributed by atoms with Gasteiger partial charge >= 0.3 is 5.97 Å². The number of hydrogen-bond donors (Lipinski definition) is 3. The van der Waals surface area contributed by atoms with Crippen molar-refractivity contribution in [2.45, 2.75) is 0 Å². The minimum atomic E-state index is -1.30. The molecule has 0 aliphatic carbocycles. The minimum Gasteiger partial charge on any atom is -0.477 e. The number of aromatic nitrogens is 2. The molecular formula is C11H9N3O4. The molecule has 0 fully saturated rings. The zero-order chi connectivity index (χ0) is 13.3. The van der Waals surface area contributed by atoms with Gasteiger partial charge in [-0.15, -0.1) is 0 Å². The van der Waals surface area contributed by atoms with Crippen LogP contribution < -0.4 is 11.3 Å². The first-order valence-corrected chi connectivity index (χ1v) is 4.94. The van der Waals surface area contributed by atoms with E-state index in [9.17, 15) is 14.4 Å². The van der Waals surface area contributed by atoms with Gasteiger partial charge in [0.25, 0.3) is 5.56 Å². The van der Waals surface area contributed by atoms with Gasteiger partial charge in [-0.1, -0.05) is 0 Å². The first kappa shape index (κ1) is 11.6. The number of aromatic carboxylic acids is 1. The first-order valence-electron chi connectivity index (χ1n) is 4.94. The molecule has 7 nitrogen and oxygen atoms in total. The number of carbonyl (C=O) groups excluding carboxylic acids is 1. The van der Waals surface area contributed by atoms with E-state index >= 15 is 0 Å². The number of primary amides is 1. The van der Waals surface area contributed by atoms with Gasteiger partial charge < -0.3 is 10.8 Å². The molecule has 2 rings (SSSR count). The van der Waals surface area contributed by atoms with Crippen LogP contribution in [0.5, 0.6) is 0 Å². The van der Waals surface area contributed by atoms with E-state index in [-0.39, 0.29) is 5.56 Å². The van der Waals surface area contributed by atoms with E-state index in [1.807, 2.05) is 0 Å². The van der Waals surface area contributed by atoms with Gasteiger partial charge in [0.05, 0.1) is 5.69 Å². The lowest BCUT2D eigenvalue weighted by molar-refractivity contribution is 0.0695. The van der Waals surface area contributed by atoms with Crippen LogP contribution in [0.3, 0.4) is 0 Å². The molecule has 1 aromatic carbocycles. The minimum absolute atomic E-state index is 0.303. The number of carbonyl (C=O) groups is 2. The summed E-state index contributed by atoms with van der Waals surface area (Å²) in [6.07, 6.45) is 1.10. The molecule has 0 bridgehead atoms. The Morgan fingerprint density at radius 3 is 2.28 bits per heavy atom. The molecule has 0 saturated carbocycles. The van der Waals surface area contributed by atoms with E-state index in [1.54, 1.807) is 0 Å². The van der Waals surface area contributed by atoms with Crippen LogP contribution in [0.4, 0.5) is 0 Å². The number of carboxylic acid groups (broad SMARTS) is 1. The van der Waals surface area contributed by atoms with Crippen molar-refractivity contribution in [1.82, 2.24) is 9.78 Å². The summed E-state index contributed by atoms with van der Waals surface area (Å²) in [6, 6.07) is 5.88. The van der Waals surface area contributed by atoms with E-state index in [0.29, 0.717) is 11.3 Å². The van der Waals surface area contributed by atoms with Crippen LogP contribution in [0, 0.1) is 0 Å². The van der Waals surface area contributed by atoms with Crippen LogP contribution in [-0.2, 0) is 0 Å². The first-order chi connectivity index (χ1) is 8.50. The highest BCUT2D eigenvalue weighted by Gasteiger charge is 2.13. The normalized spacial score (nSPS) is 10.2. The van der Waals surface area contributed by atoms with Crippen LogP contribution in [0.1, 0.15) is 20.7 Å². The maximum atomic E-state index is 11.7. The highest BCUT2D eigenvalue weighted by atomic mass is 16.4. The zero-order valence-electron chi connectivity index (χ0n) is 9.08. The number of rotatable bonds is 3. The Labute approximate surface area is 100 Å². The molecule has 0 atom stereocenters. The van der Waals surface area contributed by atoms with Crippen LogP contribution in [-0.4, -0.2) is 26.8 Å². The average Bonchev–Trinajstić information content (AvgIpc) is 2.71. The lowest BCUT2D eigenvalue weighted by Gasteiger charge is -2.01. The summed E-state index contributed by atoms with van der Waals surface area (Å²) >= 11 is 0. The summed E-state index contributed by atoms with van der Waals surface area (Å²) in [6.45, 7) is 0. The van der Waals surface area contributed by atoms with Crippen molar-refractivity contribution in [3.63, 3.8) is 0 Å². The lowest BCUT2D eigenvalue weighted by Crippen LogP contribution is -2.20. The van der Waals surface area contributed by atoms with E-state index in [4.69, 9.17) is 10.8 Å². The van der Waals surface area contributed by atoms with E-state index in [2.05, 4.69) is 5.10 Å². The Morgan fingerprint density at radius 1 is 1.22 bits per heavy atom. The summed E-state index contributed by atoms with van der Waals surface area (Å²) in [5.74, 6) is -1.88. The van der Waals surface area contributed by atoms with Crippen molar-refractivity contribution >= 4 is 11.9 Å². The fourth-order valence-corrected chi connectivity index (χ4v) is 1.49. The lowest BCUT2D eigenvalue weighted by atomic mass is 10.2. The third kappa shape index (κ3) is 1.88. The number of aromatic amines is 1. The molecule has 1 amide bonds. The number of benzene rings is 1. The molecule has 0 aliphatic heterocycles. The Hall–Kier alpha value is -2.83. The Kier molecular flexibility index (Phi) is 2.72. The second-order valence-electron chi connectivity index (χ2n) is 3.54. The second kappa shape index (κ2) is 4.21. The van der Waals surface area contributed by atoms with Gasteiger partial charge in [-0.3, -0.25) is 14.7 Å². The van der Waals surface area contributed by atoms with Gasteiger partial charge in [0.1, 0.15) is 5.56 Å². The third-order valence-electron chi connectivity index (χ3n) is 2.41. The number of H-pyrrole nitrogens is 1. The largest absolute Gasteiger partial charge is 0.477 e. The summed E-state index contributed by atoms with van der Waals surface area (Å²) < 4.78 is 1.06. The topological polar surface area (TPSA) is 118 Å². The van der Waals surface area contributed by atoms with Gasteiger partial charge in [0.2, 0.25) is 5.91 Å². The van der Waals surface area contributed by atoms with E-state index in [0.717, 1.165) is 10.9 Å². The number of nitrogens with zero attached hydrogens (tertiary/aromatic N) is 1. The molecule has 0 radical (unpaired) electrons. The fraction of sp³-hybridized carbons (Fsp3) is 0. The molecule has 2 aromatic rings. The van der Waals surface area contributed by atoms with Crippen molar-refractivity contribution in [3.8, 4) is 5.69 Å². The van der Waals surface area contributed by atoms with Crippen LogP contribution in [0.2, 0.25) is 0 Å². The molecule has 4 N–H and O–H groups in total. The Bertz CT molecular complexity index is 666. The highest BCUT2D eigenvalue weighted by Crippen LogP contribution is 2.07.